The van der Waals surface area contributed by atoms with Crippen molar-refractivity contribution < 1.29 is 9.57 Å². The van der Waals surface area contributed by atoms with E-state index < -0.39 is 5.66 Å². The number of hydrogen-bond acceptors (Lipinski definition) is 5. The lowest BCUT2D eigenvalue weighted by Gasteiger charge is -2.39. The molecule has 0 aromatic heterocycles. The summed E-state index contributed by atoms with van der Waals surface area (Å²) in [6.45, 7) is 7.38. The summed E-state index contributed by atoms with van der Waals surface area (Å²) in [5.41, 5.74) is 3.51. The van der Waals surface area contributed by atoms with Crippen molar-refractivity contribution >= 4 is 6.21 Å². The lowest BCUT2D eigenvalue weighted by molar-refractivity contribution is -0.217. The minimum atomic E-state index is -0.401. The van der Waals surface area contributed by atoms with Gasteiger partial charge in [0.15, 0.2) is 6.29 Å². The summed E-state index contributed by atoms with van der Waals surface area (Å²) in [6.07, 6.45) is 4.90. The SMILES string of the molecule is C=C1CN(C)C(C)(NOC2CCCCO2)C=N1. The predicted molar refractivity (Wildman–Crippen MR) is 66.5 cm³/mol. The van der Waals surface area contributed by atoms with E-state index in [0.29, 0.717) is 0 Å². The highest BCUT2D eigenvalue weighted by Crippen LogP contribution is 2.18. The van der Waals surface area contributed by atoms with Crippen molar-refractivity contribution in [2.24, 2.45) is 4.99 Å². The first-order valence-electron chi connectivity index (χ1n) is 6.09. The Morgan fingerprint density at radius 2 is 2.47 bits per heavy atom. The lowest BCUT2D eigenvalue weighted by Crippen LogP contribution is -2.59. The van der Waals surface area contributed by atoms with Crippen molar-refractivity contribution in [3.8, 4) is 0 Å². The van der Waals surface area contributed by atoms with Crippen molar-refractivity contribution in [2.45, 2.75) is 38.1 Å². The van der Waals surface area contributed by atoms with E-state index in [4.69, 9.17) is 9.57 Å². The van der Waals surface area contributed by atoms with Crippen molar-refractivity contribution in [3.05, 3.63) is 12.3 Å². The summed E-state index contributed by atoms with van der Waals surface area (Å²) < 4.78 is 5.51. The van der Waals surface area contributed by atoms with Crippen LogP contribution in [-0.2, 0) is 9.57 Å². The normalized spacial score (nSPS) is 35.2. The van der Waals surface area contributed by atoms with E-state index >= 15 is 0 Å². The molecular formula is C12H21N3O2. The summed E-state index contributed by atoms with van der Waals surface area (Å²) in [4.78, 5) is 12.0. The van der Waals surface area contributed by atoms with Crippen LogP contribution in [0.5, 0.6) is 0 Å². The third-order valence-corrected chi connectivity index (χ3v) is 3.25. The van der Waals surface area contributed by atoms with Gasteiger partial charge in [0, 0.05) is 31.5 Å². The fourth-order valence-corrected chi connectivity index (χ4v) is 1.89. The molecule has 0 aromatic rings. The van der Waals surface area contributed by atoms with Gasteiger partial charge in [0.25, 0.3) is 0 Å². The highest BCUT2D eigenvalue weighted by molar-refractivity contribution is 5.71. The van der Waals surface area contributed by atoms with Gasteiger partial charge in [0.2, 0.25) is 0 Å². The molecule has 1 N–H and O–H groups in total. The molecule has 2 aliphatic heterocycles. The van der Waals surface area contributed by atoms with Gasteiger partial charge in [-0.25, -0.2) is 0 Å². The van der Waals surface area contributed by atoms with Gasteiger partial charge in [-0.05, 0) is 26.8 Å². The fraction of sp³-hybridized carbons (Fsp3) is 0.750. The summed E-state index contributed by atoms with van der Waals surface area (Å²) >= 11 is 0. The molecule has 2 rings (SSSR count). The zero-order valence-electron chi connectivity index (χ0n) is 10.6. The third-order valence-electron chi connectivity index (χ3n) is 3.25. The minimum Gasteiger partial charge on any atom is -0.351 e. The maximum atomic E-state index is 5.60. The van der Waals surface area contributed by atoms with Crippen LogP contribution in [0.4, 0.5) is 0 Å². The van der Waals surface area contributed by atoms with Crippen LogP contribution in [0.2, 0.25) is 0 Å². The average molecular weight is 239 g/mol. The van der Waals surface area contributed by atoms with Gasteiger partial charge in [-0.3, -0.25) is 14.7 Å². The second-order valence-electron chi connectivity index (χ2n) is 4.84. The van der Waals surface area contributed by atoms with Gasteiger partial charge in [0.05, 0.1) is 0 Å². The first kappa shape index (κ1) is 12.7. The number of likely N-dealkylation sites (N-methyl/N-ethyl adjacent to an activating group) is 1. The van der Waals surface area contributed by atoms with E-state index in [0.717, 1.165) is 38.1 Å². The third kappa shape index (κ3) is 3.13. The topological polar surface area (TPSA) is 46.1 Å². The number of hydrogen-bond donors (Lipinski definition) is 1. The number of ether oxygens (including phenoxy) is 1. The molecule has 0 bridgehead atoms. The van der Waals surface area contributed by atoms with Gasteiger partial charge in [-0.1, -0.05) is 6.58 Å². The molecule has 17 heavy (non-hydrogen) atoms. The zero-order chi connectivity index (χ0) is 12.3. The molecule has 1 saturated heterocycles. The summed E-state index contributed by atoms with van der Waals surface area (Å²) in [6, 6.07) is 0. The Hall–Kier alpha value is -0.750. The van der Waals surface area contributed by atoms with Gasteiger partial charge in [-0.2, -0.15) is 5.48 Å². The van der Waals surface area contributed by atoms with E-state index in [1.54, 1.807) is 0 Å². The highest BCUT2D eigenvalue weighted by atomic mass is 16.8. The van der Waals surface area contributed by atoms with Crippen molar-refractivity contribution in [1.29, 1.82) is 0 Å². The van der Waals surface area contributed by atoms with Crippen molar-refractivity contribution in [2.75, 3.05) is 20.2 Å². The summed E-state index contributed by atoms with van der Waals surface area (Å²) in [5.74, 6) is 0. The predicted octanol–water partition coefficient (Wildman–Crippen LogP) is 1.28. The minimum absolute atomic E-state index is 0.146. The van der Waals surface area contributed by atoms with Crippen molar-refractivity contribution in [1.82, 2.24) is 10.4 Å². The van der Waals surface area contributed by atoms with E-state index in [9.17, 15) is 0 Å². The fourth-order valence-electron chi connectivity index (χ4n) is 1.89. The average Bonchev–Trinajstić information content (AvgIpc) is 2.34. The van der Waals surface area contributed by atoms with Crippen LogP contribution in [0.3, 0.4) is 0 Å². The van der Waals surface area contributed by atoms with Crippen LogP contribution < -0.4 is 5.48 Å². The molecule has 0 radical (unpaired) electrons. The van der Waals surface area contributed by atoms with Gasteiger partial charge in [0.1, 0.15) is 5.66 Å². The monoisotopic (exact) mass is 239 g/mol. The smallest absolute Gasteiger partial charge is 0.177 e. The Morgan fingerprint density at radius 1 is 1.65 bits per heavy atom. The molecule has 5 nitrogen and oxygen atoms in total. The molecule has 0 saturated carbocycles. The quantitative estimate of drug-likeness (QED) is 0.754. The van der Waals surface area contributed by atoms with Crippen LogP contribution in [0.1, 0.15) is 26.2 Å². The molecule has 2 aliphatic rings. The Bertz CT molecular complexity index is 313. The van der Waals surface area contributed by atoms with Gasteiger partial charge in [-0.15, -0.1) is 0 Å². The molecular weight excluding hydrogens is 218 g/mol. The van der Waals surface area contributed by atoms with Gasteiger partial charge < -0.3 is 4.74 Å². The first-order chi connectivity index (χ1) is 8.10. The molecule has 5 heteroatoms. The highest BCUT2D eigenvalue weighted by Gasteiger charge is 2.32. The van der Waals surface area contributed by atoms with E-state index in [1.807, 2.05) is 20.2 Å². The number of hydroxylamine groups is 1. The van der Waals surface area contributed by atoms with Gasteiger partial charge >= 0.3 is 0 Å². The summed E-state index contributed by atoms with van der Waals surface area (Å²) in [5, 5.41) is 0. The number of rotatable bonds is 3. The maximum absolute atomic E-state index is 5.60. The molecule has 0 amide bonds. The molecule has 0 aromatic carbocycles. The molecule has 2 heterocycles. The van der Waals surface area contributed by atoms with Crippen LogP contribution >= 0.6 is 0 Å². The number of aliphatic imine (C=N–C) groups is 1. The summed E-state index contributed by atoms with van der Waals surface area (Å²) in [7, 11) is 2.01. The first-order valence-corrected chi connectivity index (χ1v) is 6.09. The van der Waals surface area contributed by atoms with E-state index in [2.05, 4.69) is 22.0 Å². The van der Waals surface area contributed by atoms with Crippen molar-refractivity contribution in [3.63, 3.8) is 0 Å². The molecule has 0 aliphatic carbocycles. The number of nitrogens with zero attached hydrogens (tertiary/aromatic N) is 2. The molecule has 0 spiro atoms. The number of nitrogens with one attached hydrogen (secondary N) is 1. The van der Waals surface area contributed by atoms with Crippen LogP contribution in [0, 0.1) is 0 Å². The lowest BCUT2D eigenvalue weighted by atomic mass is 10.1. The zero-order valence-corrected chi connectivity index (χ0v) is 10.6. The van der Waals surface area contributed by atoms with E-state index in [-0.39, 0.29) is 6.29 Å². The molecule has 1 fully saturated rings. The Kier molecular flexibility index (Phi) is 3.93. The Morgan fingerprint density at radius 3 is 3.12 bits per heavy atom. The van der Waals surface area contributed by atoms with E-state index in [1.165, 1.54) is 0 Å². The maximum Gasteiger partial charge on any atom is 0.177 e. The standard InChI is InChI=1S/C12H21N3O2/c1-10-8-15(3)12(2,9-13-10)14-17-11-6-4-5-7-16-11/h9,11,14H,1,4-8H2,2-3H3. The van der Waals surface area contributed by atoms with Crippen LogP contribution in [0.15, 0.2) is 17.3 Å². The second kappa shape index (κ2) is 5.27. The largest absolute Gasteiger partial charge is 0.351 e. The molecule has 2 atom stereocenters. The molecule has 2 unspecified atom stereocenters. The Labute approximate surface area is 102 Å². The second-order valence-corrected chi connectivity index (χ2v) is 4.84. The molecule has 96 valence electrons. The van der Waals surface area contributed by atoms with Crippen LogP contribution in [0.25, 0.3) is 0 Å². The Balaban J connectivity index is 1.88. The van der Waals surface area contributed by atoms with Crippen LogP contribution in [-0.4, -0.2) is 43.3 Å².